The Bertz CT molecular complexity index is 1010. The van der Waals surface area contributed by atoms with Gasteiger partial charge in [-0.1, -0.05) is 6.07 Å². The summed E-state index contributed by atoms with van der Waals surface area (Å²) in [6.07, 6.45) is 8.72. The Morgan fingerprint density at radius 3 is 2.82 bits per heavy atom. The number of aromatic nitrogens is 1. The molecule has 0 bridgehead atoms. The van der Waals surface area contributed by atoms with Crippen LogP contribution in [0.15, 0.2) is 47.3 Å². The number of aryl methyl sites for hydroxylation is 2. The third-order valence-corrected chi connectivity index (χ3v) is 5.32. The first-order valence-corrected chi connectivity index (χ1v) is 9.50. The number of benzene rings is 1. The third kappa shape index (κ3) is 3.91. The van der Waals surface area contributed by atoms with Crippen LogP contribution >= 0.6 is 0 Å². The number of carbonyl (C=O) groups excluding carboxylic acids is 1. The summed E-state index contributed by atoms with van der Waals surface area (Å²) in [4.78, 5) is 27.9. The van der Waals surface area contributed by atoms with Gasteiger partial charge in [0, 0.05) is 29.9 Å². The van der Waals surface area contributed by atoms with Crippen LogP contribution in [0.3, 0.4) is 0 Å². The lowest BCUT2D eigenvalue weighted by atomic mass is 10.0. The molecule has 6 nitrogen and oxygen atoms in total. The molecule has 28 heavy (non-hydrogen) atoms. The van der Waals surface area contributed by atoms with Gasteiger partial charge in [-0.15, -0.1) is 0 Å². The monoisotopic (exact) mass is 378 g/mol. The van der Waals surface area contributed by atoms with Gasteiger partial charge in [0.2, 0.25) is 5.91 Å². The molecule has 2 heterocycles. The maximum atomic E-state index is 12.4. The second-order valence-corrected chi connectivity index (χ2v) is 7.31. The molecule has 1 amide bonds. The van der Waals surface area contributed by atoms with Crippen molar-refractivity contribution >= 4 is 22.8 Å². The molecule has 3 aromatic rings. The van der Waals surface area contributed by atoms with E-state index in [4.69, 9.17) is 4.42 Å². The van der Waals surface area contributed by atoms with Gasteiger partial charge in [-0.05, 0) is 60.6 Å². The van der Waals surface area contributed by atoms with Gasteiger partial charge in [-0.2, -0.15) is 0 Å². The van der Waals surface area contributed by atoms with Crippen LogP contribution < -0.4 is 5.32 Å². The van der Waals surface area contributed by atoms with Crippen LogP contribution in [0, 0.1) is 5.92 Å². The number of nitrogens with one attached hydrogen (secondary N) is 1. The molecule has 6 heteroatoms. The summed E-state index contributed by atoms with van der Waals surface area (Å²) in [5, 5.41) is 13.2. The van der Waals surface area contributed by atoms with Gasteiger partial charge in [0.05, 0.1) is 18.6 Å². The Balaban J connectivity index is 1.40. The lowest BCUT2D eigenvalue weighted by Crippen LogP contribution is -2.34. The van der Waals surface area contributed by atoms with Gasteiger partial charge in [-0.3, -0.25) is 14.6 Å². The van der Waals surface area contributed by atoms with E-state index in [0.717, 1.165) is 41.4 Å². The lowest BCUT2D eigenvalue weighted by molar-refractivity contribution is -0.141. The number of fused-ring (bicyclic) bond motifs is 2. The van der Waals surface area contributed by atoms with Crippen LogP contribution in [0.4, 0.5) is 0 Å². The molecule has 0 saturated carbocycles. The van der Waals surface area contributed by atoms with Crippen LogP contribution in [0.25, 0.3) is 11.0 Å². The first kappa shape index (κ1) is 18.2. The molecule has 2 aromatic heterocycles. The van der Waals surface area contributed by atoms with Crippen molar-refractivity contribution in [2.75, 3.05) is 6.54 Å². The fraction of sp³-hybridized carbons (Fsp3) is 0.318. The zero-order valence-electron chi connectivity index (χ0n) is 15.5. The number of furan rings is 1. The number of hydrogen-bond acceptors (Lipinski definition) is 4. The number of amides is 1. The number of carbonyl (C=O) groups is 2. The summed E-state index contributed by atoms with van der Waals surface area (Å²) in [6, 6.07) is 7.81. The second kappa shape index (κ2) is 7.84. The number of hydrogen-bond donors (Lipinski definition) is 2. The zero-order chi connectivity index (χ0) is 19.5. The number of aliphatic carboxylic acids is 1. The van der Waals surface area contributed by atoms with Crippen molar-refractivity contribution in [1.29, 1.82) is 0 Å². The lowest BCUT2D eigenvalue weighted by Gasteiger charge is -2.13. The molecule has 1 aliphatic rings. The van der Waals surface area contributed by atoms with E-state index in [0.29, 0.717) is 6.42 Å². The summed E-state index contributed by atoms with van der Waals surface area (Å²) in [5.41, 5.74) is 5.14. The number of nitrogens with zero attached hydrogens (tertiary/aromatic N) is 1. The SMILES string of the molecule is O=C(Cc1coc2cc3c(cc12)CCC3)NCC(Cc1cccnc1)C(=O)O. The van der Waals surface area contributed by atoms with Crippen LogP contribution in [-0.4, -0.2) is 28.5 Å². The summed E-state index contributed by atoms with van der Waals surface area (Å²) in [6.45, 7) is 0.0776. The maximum absolute atomic E-state index is 12.4. The first-order valence-electron chi connectivity index (χ1n) is 9.50. The van der Waals surface area contributed by atoms with Gasteiger partial charge in [-0.25, -0.2) is 0 Å². The maximum Gasteiger partial charge on any atom is 0.308 e. The van der Waals surface area contributed by atoms with Crippen molar-refractivity contribution < 1.29 is 19.1 Å². The van der Waals surface area contributed by atoms with E-state index in [1.807, 2.05) is 6.07 Å². The highest BCUT2D eigenvalue weighted by Crippen LogP contribution is 2.30. The Morgan fingerprint density at radius 1 is 1.25 bits per heavy atom. The van der Waals surface area contributed by atoms with E-state index in [1.165, 1.54) is 11.1 Å². The number of carboxylic acids is 1. The standard InChI is InChI=1S/C22H22N2O4/c25-21(24-12-17(22(26)27)7-14-3-2-6-23-11-14)10-18-13-28-20-9-16-5-1-4-15(16)8-19(18)20/h2-3,6,8-9,11,13,17H,1,4-5,7,10,12H2,(H,24,25)(H,26,27). The van der Waals surface area contributed by atoms with Gasteiger partial charge in [0.1, 0.15) is 5.58 Å². The number of pyridine rings is 1. The summed E-state index contributed by atoms with van der Waals surface area (Å²) < 4.78 is 5.64. The summed E-state index contributed by atoms with van der Waals surface area (Å²) >= 11 is 0. The highest BCUT2D eigenvalue weighted by Gasteiger charge is 2.20. The van der Waals surface area contributed by atoms with Crippen molar-refractivity contribution in [2.24, 2.45) is 5.92 Å². The average molecular weight is 378 g/mol. The summed E-state index contributed by atoms with van der Waals surface area (Å²) in [5.74, 6) is -1.84. The molecular formula is C22H22N2O4. The van der Waals surface area contributed by atoms with E-state index in [1.54, 1.807) is 24.7 Å². The van der Waals surface area contributed by atoms with E-state index < -0.39 is 11.9 Å². The van der Waals surface area contributed by atoms with Crippen molar-refractivity contribution in [3.63, 3.8) is 0 Å². The van der Waals surface area contributed by atoms with Crippen molar-refractivity contribution in [2.45, 2.75) is 32.1 Å². The van der Waals surface area contributed by atoms with E-state index in [9.17, 15) is 14.7 Å². The minimum absolute atomic E-state index is 0.0776. The quantitative estimate of drug-likeness (QED) is 0.659. The Kier molecular flexibility index (Phi) is 5.10. The smallest absolute Gasteiger partial charge is 0.308 e. The van der Waals surface area contributed by atoms with E-state index in [2.05, 4.69) is 22.4 Å². The fourth-order valence-electron chi connectivity index (χ4n) is 3.81. The molecule has 0 radical (unpaired) electrons. The zero-order valence-corrected chi connectivity index (χ0v) is 15.5. The molecule has 0 spiro atoms. The Labute approximate surface area is 162 Å². The minimum Gasteiger partial charge on any atom is -0.481 e. The molecule has 0 aliphatic heterocycles. The Morgan fingerprint density at radius 2 is 2.07 bits per heavy atom. The molecule has 4 rings (SSSR count). The predicted molar refractivity (Wildman–Crippen MR) is 104 cm³/mol. The molecule has 144 valence electrons. The average Bonchev–Trinajstić information content (AvgIpc) is 3.30. The molecule has 1 aliphatic carbocycles. The molecular weight excluding hydrogens is 356 g/mol. The molecule has 1 atom stereocenters. The van der Waals surface area contributed by atoms with Crippen molar-refractivity contribution in [3.05, 3.63) is 65.2 Å². The van der Waals surface area contributed by atoms with Gasteiger partial charge >= 0.3 is 5.97 Å². The normalized spacial score (nSPS) is 14.0. The molecule has 1 unspecified atom stereocenters. The molecule has 2 N–H and O–H groups in total. The minimum atomic E-state index is -0.937. The molecule has 0 fully saturated rings. The van der Waals surface area contributed by atoms with Gasteiger partial charge in [0.15, 0.2) is 0 Å². The van der Waals surface area contributed by atoms with Crippen LogP contribution in [0.5, 0.6) is 0 Å². The third-order valence-electron chi connectivity index (χ3n) is 5.32. The van der Waals surface area contributed by atoms with Crippen LogP contribution in [-0.2, 0) is 35.3 Å². The van der Waals surface area contributed by atoms with Crippen LogP contribution in [0.1, 0.15) is 28.7 Å². The van der Waals surface area contributed by atoms with Crippen molar-refractivity contribution in [3.8, 4) is 0 Å². The van der Waals surface area contributed by atoms with Crippen molar-refractivity contribution in [1.82, 2.24) is 10.3 Å². The van der Waals surface area contributed by atoms with Crippen LogP contribution in [0.2, 0.25) is 0 Å². The Hall–Kier alpha value is -3.15. The molecule has 1 aromatic carbocycles. The van der Waals surface area contributed by atoms with E-state index >= 15 is 0 Å². The predicted octanol–water partition coefficient (Wildman–Crippen LogP) is 2.92. The number of carboxylic acid groups (broad SMARTS) is 1. The van der Waals surface area contributed by atoms with Gasteiger partial charge in [0.25, 0.3) is 0 Å². The largest absolute Gasteiger partial charge is 0.481 e. The summed E-state index contributed by atoms with van der Waals surface area (Å²) in [7, 11) is 0. The first-order chi connectivity index (χ1) is 13.6. The fourth-order valence-corrected chi connectivity index (χ4v) is 3.81. The second-order valence-electron chi connectivity index (χ2n) is 7.31. The number of rotatable bonds is 7. The topological polar surface area (TPSA) is 92.4 Å². The van der Waals surface area contributed by atoms with Gasteiger partial charge < -0.3 is 14.8 Å². The van der Waals surface area contributed by atoms with E-state index in [-0.39, 0.29) is 18.9 Å². The highest BCUT2D eigenvalue weighted by molar-refractivity contribution is 5.88. The highest BCUT2D eigenvalue weighted by atomic mass is 16.4. The molecule has 0 saturated heterocycles.